The second kappa shape index (κ2) is 4.48. The number of carbonyl (C=O) groups is 1. The number of esters is 1. The van der Waals surface area contributed by atoms with E-state index in [-0.39, 0.29) is 11.9 Å². The summed E-state index contributed by atoms with van der Waals surface area (Å²) in [5.41, 5.74) is 0. The highest BCUT2D eigenvalue weighted by molar-refractivity contribution is 5.72. The summed E-state index contributed by atoms with van der Waals surface area (Å²) in [5.74, 6) is 0.695. The third-order valence-electron chi connectivity index (χ3n) is 2.77. The van der Waals surface area contributed by atoms with Crippen molar-refractivity contribution in [2.45, 2.75) is 39.5 Å². The SMILES string of the molecule is CCOC(=O)[C@@H](C)C1CCCC1. The van der Waals surface area contributed by atoms with Crippen molar-refractivity contribution in [1.29, 1.82) is 0 Å². The Morgan fingerprint density at radius 3 is 2.58 bits per heavy atom. The first-order chi connectivity index (χ1) is 5.75. The van der Waals surface area contributed by atoms with Crippen LogP contribution in [0.5, 0.6) is 0 Å². The van der Waals surface area contributed by atoms with Crippen LogP contribution in [-0.4, -0.2) is 12.6 Å². The maximum Gasteiger partial charge on any atom is 0.308 e. The smallest absolute Gasteiger partial charge is 0.308 e. The van der Waals surface area contributed by atoms with Crippen molar-refractivity contribution in [3.63, 3.8) is 0 Å². The van der Waals surface area contributed by atoms with E-state index in [1.807, 2.05) is 13.8 Å². The van der Waals surface area contributed by atoms with Crippen LogP contribution in [0, 0.1) is 11.8 Å². The average Bonchev–Trinajstić information content (AvgIpc) is 2.55. The van der Waals surface area contributed by atoms with Gasteiger partial charge in [-0.3, -0.25) is 4.79 Å². The molecule has 1 atom stereocenters. The topological polar surface area (TPSA) is 26.3 Å². The van der Waals surface area contributed by atoms with E-state index in [1.54, 1.807) is 0 Å². The second-order valence-electron chi connectivity index (χ2n) is 3.59. The van der Waals surface area contributed by atoms with Crippen molar-refractivity contribution in [3.05, 3.63) is 0 Å². The molecular formula is C10H18O2. The molecule has 1 aliphatic rings. The summed E-state index contributed by atoms with van der Waals surface area (Å²) in [5, 5.41) is 0. The van der Waals surface area contributed by atoms with Gasteiger partial charge in [0.15, 0.2) is 0 Å². The third-order valence-corrected chi connectivity index (χ3v) is 2.77. The minimum Gasteiger partial charge on any atom is -0.466 e. The Bertz CT molecular complexity index is 148. The van der Waals surface area contributed by atoms with Gasteiger partial charge in [-0.15, -0.1) is 0 Å². The van der Waals surface area contributed by atoms with Gasteiger partial charge in [0.05, 0.1) is 12.5 Å². The molecule has 2 heteroatoms. The molecule has 0 aromatic heterocycles. The molecule has 12 heavy (non-hydrogen) atoms. The van der Waals surface area contributed by atoms with Crippen molar-refractivity contribution in [1.82, 2.24) is 0 Å². The van der Waals surface area contributed by atoms with E-state index in [0.717, 1.165) is 0 Å². The van der Waals surface area contributed by atoms with E-state index in [2.05, 4.69) is 0 Å². The molecule has 0 aliphatic heterocycles. The summed E-state index contributed by atoms with van der Waals surface area (Å²) in [6.07, 6.45) is 4.99. The molecule has 1 saturated carbocycles. The van der Waals surface area contributed by atoms with E-state index < -0.39 is 0 Å². The van der Waals surface area contributed by atoms with E-state index in [9.17, 15) is 4.79 Å². The first-order valence-electron chi connectivity index (χ1n) is 4.92. The van der Waals surface area contributed by atoms with Gasteiger partial charge >= 0.3 is 5.97 Å². The van der Waals surface area contributed by atoms with Crippen molar-refractivity contribution in [2.75, 3.05) is 6.61 Å². The summed E-state index contributed by atoms with van der Waals surface area (Å²) < 4.78 is 4.98. The maximum atomic E-state index is 11.3. The Morgan fingerprint density at radius 2 is 2.08 bits per heavy atom. The van der Waals surface area contributed by atoms with Crippen LogP contribution < -0.4 is 0 Å². The van der Waals surface area contributed by atoms with Gasteiger partial charge in [0.2, 0.25) is 0 Å². The molecule has 0 spiro atoms. The standard InChI is InChI=1S/C10H18O2/c1-3-12-10(11)8(2)9-6-4-5-7-9/h8-9H,3-7H2,1-2H3/t8-/m0/s1. The largest absolute Gasteiger partial charge is 0.466 e. The van der Waals surface area contributed by atoms with Crippen LogP contribution in [0.15, 0.2) is 0 Å². The molecule has 0 unspecified atom stereocenters. The summed E-state index contributed by atoms with van der Waals surface area (Å²) in [6.45, 7) is 4.36. The molecule has 0 amide bonds. The highest BCUT2D eigenvalue weighted by Gasteiger charge is 2.27. The fourth-order valence-electron chi connectivity index (χ4n) is 1.92. The molecule has 0 heterocycles. The molecule has 0 aromatic carbocycles. The van der Waals surface area contributed by atoms with E-state index in [1.165, 1.54) is 25.7 Å². The van der Waals surface area contributed by atoms with Crippen molar-refractivity contribution < 1.29 is 9.53 Å². The molecule has 1 rings (SSSR count). The lowest BCUT2D eigenvalue weighted by molar-refractivity contribution is -0.149. The minimum atomic E-state index is -0.00981. The predicted octanol–water partition coefficient (Wildman–Crippen LogP) is 2.38. The molecule has 0 radical (unpaired) electrons. The van der Waals surface area contributed by atoms with Gasteiger partial charge in [-0.25, -0.2) is 0 Å². The molecule has 1 fully saturated rings. The number of hydrogen-bond acceptors (Lipinski definition) is 2. The number of ether oxygens (including phenoxy) is 1. The molecule has 70 valence electrons. The van der Waals surface area contributed by atoms with Crippen LogP contribution in [-0.2, 0) is 9.53 Å². The van der Waals surface area contributed by atoms with Gasteiger partial charge in [-0.05, 0) is 25.7 Å². The summed E-state index contributed by atoms with van der Waals surface area (Å²) >= 11 is 0. The van der Waals surface area contributed by atoms with E-state index in [4.69, 9.17) is 4.74 Å². The first-order valence-corrected chi connectivity index (χ1v) is 4.92. The zero-order chi connectivity index (χ0) is 8.97. The van der Waals surface area contributed by atoms with Crippen molar-refractivity contribution in [2.24, 2.45) is 11.8 Å². The molecule has 2 nitrogen and oxygen atoms in total. The summed E-state index contributed by atoms with van der Waals surface area (Å²) in [7, 11) is 0. The highest BCUT2D eigenvalue weighted by atomic mass is 16.5. The van der Waals surface area contributed by atoms with Gasteiger partial charge in [-0.2, -0.15) is 0 Å². The van der Waals surface area contributed by atoms with E-state index in [0.29, 0.717) is 12.5 Å². The fourth-order valence-corrected chi connectivity index (χ4v) is 1.92. The molecular weight excluding hydrogens is 152 g/mol. The fraction of sp³-hybridized carbons (Fsp3) is 0.900. The first kappa shape index (κ1) is 9.56. The van der Waals surface area contributed by atoms with E-state index >= 15 is 0 Å². The minimum absolute atomic E-state index is 0.00981. The zero-order valence-corrected chi connectivity index (χ0v) is 8.01. The average molecular weight is 170 g/mol. The van der Waals surface area contributed by atoms with Gasteiger partial charge in [0, 0.05) is 0 Å². The summed E-state index contributed by atoms with van der Waals surface area (Å²) in [4.78, 5) is 11.3. The van der Waals surface area contributed by atoms with Crippen LogP contribution in [0.3, 0.4) is 0 Å². The molecule has 0 aromatic rings. The van der Waals surface area contributed by atoms with Gasteiger partial charge in [0.1, 0.15) is 0 Å². The van der Waals surface area contributed by atoms with Crippen LogP contribution in [0.25, 0.3) is 0 Å². The Labute approximate surface area is 74.3 Å². The molecule has 0 bridgehead atoms. The Balaban J connectivity index is 2.34. The number of rotatable bonds is 3. The molecule has 1 aliphatic carbocycles. The predicted molar refractivity (Wildman–Crippen MR) is 47.8 cm³/mol. The lowest BCUT2D eigenvalue weighted by Gasteiger charge is -2.16. The van der Waals surface area contributed by atoms with Crippen LogP contribution in [0.2, 0.25) is 0 Å². The quantitative estimate of drug-likeness (QED) is 0.608. The Morgan fingerprint density at radius 1 is 1.50 bits per heavy atom. The lowest BCUT2D eigenvalue weighted by atomic mass is 9.93. The van der Waals surface area contributed by atoms with Crippen molar-refractivity contribution in [3.8, 4) is 0 Å². The molecule has 0 N–H and O–H groups in total. The zero-order valence-electron chi connectivity index (χ0n) is 8.01. The second-order valence-corrected chi connectivity index (χ2v) is 3.59. The van der Waals surface area contributed by atoms with Gasteiger partial charge < -0.3 is 4.74 Å². The van der Waals surface area contributed by atoms with Crippen LogP contribution >= 0.6 is 0 Å². The summed E-state index contributed by atoms with van der Waals surface area (Å²) in [6, 6.07) is 0. The van der Waals surface area contributed by atoms with Gasteiger partial charge in [-0.1, -0.05) is 19.8 Å². The Kier molecular flexibility index (Phi) is 3.57. The van der Waals surface area contributed by atoms with Gasteiger partial charge in [0.25, 0.3) is 0 Å². The number of hydrogen-bond donors (Lipinski definition) is 0. The monoisotopic (exact) mass is 170 g/mol. The molecule has 0 saturated heterocycles. The lowest BCUT2D eigenvalue weighted by Crippen LogP contribution is -2.21. The maximum absolute atomic E-state index is 11.3. The third kappa shape index (κ3) is 2.23. The highest BCUT2D eigenvalue weighted by Crippen LogP contribution is 2.31. The normalized spacial score (nSPS) is 20.8. The van der Waals surface area contributed by atoms with Crippen LogP contribution in [0.1, 0.15) is 39.5 Å². The van der Waals surface area contributed by atoms with Crippen molar-refractivity contribution >= 4 is 5.97 Å². The Hall–Kier alpha value is -0.530. The van der Waals surface area contributed by atoms with Crippen LogP contribution in [0.4, 0.5) is 0 Å². The number of carbonyl (C=O) groups excluding carboxylic acids is 1.